The average molecular weight is 604 g/mol. The molecule has 2 aliphatic heterocycles. The summed E-state index contributed by atoms with van der Waals surface area (Å²) in [5.41, 5.74) is 3.38. The number of nitrogens with two attached hydrogens (primary N) is 1. The Balaban J connectivity index is 1.59. The van der Waals surface area contributed by atoms with Gasteiger partial charge in [-0.3, -0.25) is 4.57 Å². The lowest BCUT2D eigenvalue weighted by Crippen LogP contribution is -2.45. The van der Waals surface area contributed by atoms with Gasteiger partial charge in [-0.05, 0) is 75.0 Å². The number of aliphatic hydroxyl groups is 1. The third-order valence-electron chi connectivity index (χ3n) is 8.54. The van der Waals surface area contributed by atoms with E-state index in [4.69, 9.17) is 35.8 Å². The molecule has 214 valence electrons. The first kappa shape index (κ1) is 30.4. The quantitative estimate of drug-likeness (QED) is 0.251. The number of ether oxygens (including phenoxy) is 1. The van der Waals surface area contributed by atoms with Crippen LogP contribution in [-0.2, 0) is 30.0 Å². The second kappa shape index (κ2) is 10.7. The first-order valence-corrected chi connectivity index (χ1v) is 20.1. The number of nitrogen functional groups attached to an aromatic ring is 1. The van der Waals surface area contributed by atoms with Crippen molar-refractivity contribution in [3.63, 3.8) is 0 Å². The van der Waals surface area contributed by atoms with Gasteiger partial charge in [-0.2, -0.15) is 4.98 Å². The lowest BCUT2D eigenvalue weighted by Gasteiger charge is -2.37. The summed E-state index contributed by atoms with van der Waals surface area (Å²) >= 11 is 7.62. The van der Waals surface area contributed by atoms with E-state index in [1.165, 1.54) is 16.8 Å². The Hall–Kier alpha value is -0.563. The van der Waals surface area contributed by atoms with Crippen LogP contribution in [0, 0.1) is 5.92 Å². The number of aliphatic hydroxyl groups excluding tert-OH is 1. The fourth-order valence-corrected chi connectivity index (χ4v) is 13.5. The Morgan fingerprint density at radius 2 is 2.16 bits per heavy atom. The Morgan fingerprint density at radius 1 is 1.47 bits per heavy atom. The van der Waals surface area contributed by atoms with Crippen molar-refractivity contribution in [3.05, 3.63) is 34.9 Å². The first-order valence-electron chi connectivity index (χ1n) is 13.1. The molecule has 4 rings (SSSR count). The molecule has 0 unspecified atom stereocenters. The van der Waals surface area contributed by atoms with E-state index in [9.17, 15) is 9.90 Å². The van der Waals surface area contributed by atoms with Crippen molar-refractivity contribution in [1.29, 1.82) is 0 Å². The van der Waals surface area contributed by atoms with Gasteiger partial charge in [0.05, 0.1) is 12.7 Å². The molecule has 3 aliphatic rings. The summed E-state index contributed by atoms with van der Waals surface area (Å²) in [5.74, 6) is 0.495. The molecule has 0 spiro atoms. The molecule has 3 N–H and O–H groups in total. The van der Waals surface area contributed by atoms with Crippen LogP contribution in [0.1, 0.15) is 60.1 Å². The fraction of sp³-hybridized carbons (Fsp3) is 0.760. The lowest BCUT2D eigenvalue weighted by molar-refractivity contribution is -0.0526. The number of rotatable bonds is 7. The predicted molar refractivity (Wildman–Crippen MR) is 158 cm³/mol. The minimum absolute atomic E-state index is 0.0153. The summed E-state index contributed by atoms with van der Waals surface area (Å²) in [6.45, 7) is 19.4. The molecule has 1 aromatic heterocycles. The Morgan fingerprint density at radius 3 is 2.76 bits per heavy atom. The van der Waals surface area contributed by atoms with Gasteiger partial charge in [0.15, 0.2) is 14.5 Å². The number of hydrogen-bond acceptors (Lipinski definition) is 10. The molecule has 0 amide bonds. The van der Waals surface area contributed by atoms with Gasteiger partial charge in [-0.25, -0.2) is 4.79 Å². The van der Waals surface area contributed by atoms with Gasteiger partial charge in [0.1, 0.15) is 24.1 Å². The standard InChI is InChI=1S/C25H42N3O6PS2Si/c1-15(2)16-9-11-25(6)18(13-16)33-35(36,37-25)34-21-17(14-31-38(7,8)24(3,4)5)32-22(20(21)29)28-12-10-19(26)27-23(28)30/h10,12,16-18,20-22,29H,1,9,11,13-14H2,2-8H3,(H2,26,27,30)/t16-,17+,18+,20+,21+,22+,25+,35-/m0/s1. The Kier molecular flexibility index (Phi) is 8.55. The monoisotopic (exact) mass is 603 g/mol. The Labute approximate surface area is 235 Å². The minimum atomic E-state index is -2.84. The zero-order chi connectivity index (χ0) is 28.3. The van der Waals surface area contributed by atoms with Crippen molar-refractivity contribution < 1.29 is 23.3 Å². The van der Waals surface area contributed by atoms with Crippen LogP contribution < -0.4 is 11.4 Å². The summed E-state index contributed by atoms with van der Waals surface area (Å²) in [5, 5.41) is 11.4. The number of allylic oxidation sites excluding steroid dienone is 1. The van der Waals surface area contributed by atoms with Crippen LogP contribution >= 0.6 is 17.1 Å². The van der Waals surface area contributed by atoms with E-state index in [-0.39, 0.29) is 28.3 Å². The third-order valence-corrected chi connectivity index (χ3v) is 18.8. The van der Waals surface area contributed by atoms with Gasteiger partial charge in [0, 0.05) is 10.9 Å². The highest BCUT2D eigenvalue weighted by Gasteiger charge is 2.56. The number of nitrogens with zero attached hydrogens (tertiary/aromatic N) is 2. The molecule has 9 nitrogen and oxygen atoms in total. The normalized spacial score (nSPS) is 37.8. The van der Waals surface area contributed by atoms with E-state index in [0.717, 1.165) is 24.8 Å². The first-order chi connectivity index (χ1) is 17.4. The SMILES string of the molecule is C=C(C)[C@H]1CC[C@@]2(C)S[P@](=S)(O[C@H]3[C@@H](O)[C@H](n4ccc(N)nc4=O)O[C@@H]3CO[Si](C)(C)C(C)(C)C)O[C@@H]2C1. The van der Waals surface area contributed by atoms with Crippen LogP contribution in [0.3, 0.4) is 0 Å². The molecular formula is C25H42N3O6PS2Si. The van der Waals surface area contributed by atoms with Crippen molar-refractivity contribution in [3.8, 4) is 0 Å². The predicted octanol–water partition coefficient (Wildman–Crippen LogP) is 4.98. The topological polar surface area (TPSA) is 118 Å². The van der Waals surface area contributed by atoms with E-state index in [0.29, 0.717) is 5.92 Å². The molecule has 0 radical (unpaired) electrons. The zero-order valence-corrected chi connectivity index (χ0v) is 26.9. The van der Waals surface area contributed by atoms with E-state index in [2.05, 4.69) is 59.3 Å². The lowest BCUT2D eigenvalue weighted by atomic mass is 9.77. The van der Waals surface area contributed by atoms with Crippen LogP contribution in [0.25, 0.3) is 0 Å². The number of aromatic nitrogens is 2. The Bertz CT molecular complexity index is 1180. The van der Waals surface area contributed by atoms with Crippen molar-refractivity contribution in [2.45, 2.75) is 107 Å². The summed E-state index contributed by atoms with van der Waals surface area (Å²) < 4.78 is 26.8. The number of hydrogen-bond donors (Lipinski definition) is 2. The summed E-state index contributed by atoms with van der Waals surface area (Å²) in [4.78, 5) is 16.4. The minimum Gasteiger partial charge on any atom is -0.414 e. The molecule has 3 fully saturated rings. The molecule has 1 aliphatic carbocycles. The maximum Gasteiger partial charge on any atom is 0.351 e. The largest absolute Gasteiger partial charge is 0.414 e. The van der Waals surface area contributed by atoms with Gasteiger partial charge >= 0.3 is 5.69 Å². The van der Waals surface area contributed by atoms with Crippen molar-refractivity contribution in [2.75, 3.05) is 12.3 Å². The highest BCUT2D eigenvalue weighted by molar-refractivity contribution is 8.68. The third kappa shape index (κ3) is 6.04. The molecular weight excluding hydrogens is 561 g/mol. The summed E-state index contributed by atoms with van der Waals surface area (Å²) in [6, 6.07) is 1.49. The van der Waals surface area contributed by atoms with Crippen molar-refractivity contribution >= 4 is 43.0 Å². The molecule has 3 heterocycles. The smallest absolute Gasteiger partial charge is 0.351 e. The highest BCUT2D eigenvalue weighted by atomic mass is 32.9. The molecule has 8 atom stereocenters. The van der Waals surface area contributed by atoms with E-state index in [1.54, 1.807) is 11.4 Å². The molecule has 1 aromatic rings. The second-order valence-electron chi connectivity index (χ2n) is 12.5. The maximum atomic E-state index is 12.6. The summed E-state index contributed by atoms with van der Waals surface area (Å²) in [7, 11) is -2.14. The molecule has 1 saturated carbocycles. The van der Waals surface area contributed by atoms with Crippen LogP contribution in [0.5, 0.6) is 0 Å². The molecule has 0 aromatic carbocycles. The van der Waals surface area contributed by atoms with Crippen LogP contribution in [-0.4, -0.2) is 58.7 Å². The van der Waals surface area contributed by atoms with E-state index >= 15 is 0 Å². The van der Waals surface area contributed by atoms with Crippen LogP contribution in [0.4, 0.5) is 5.82 Å². The van der Waals surface area contributed by atoms with Gasteiger partial charge in [0.2, 0.25) is 5.69 Å². The average Bonchev–Trinajstić information content (AvgIpc) is 3.23. The van der Waals surface area contributed by atoms with Gasteiger partial charge in [-0.1, -0.05) is 44.3 Å². The second-order valence-corrected chi connectivity index (χ2v) is 23.9. The van der Waals surface area contributed by atoms with E-state index < -0.39 is 44.2 Å². The van der Waals surface area contributed by atoms with E-state index in [1.807, 2.05) is 0 Å². The van der Waals surface area contributed by atoms with Gasteiger partial charge < -0.3 is 29.1 Å². The number of anilines is 1. The van der Waals surface area contributed by atoms with Crippen LogP contribution in [0.15, 0.2) is 29.2 Å². The van der Waals surface area contributed by atoms with Crippen molar-refractivity contribution in [1.82, 2.24) is 9.55 Å². The molecule has 2 saturated heterocycles. The summed E-state index contributed by atoms with van der Waals surface area (Å²) in [6.07, 6.45) is 0.581. The molecule has 13 heteroatoms. The molecule has 0 bridgehead atoms. The van der Waals surface area contributed by atoms with Crippen molar-refractivity contribution in [2.24, 2.45) is 5.92 Å². The molecule has 38 heavy (non-hydrogen) atoms. The van der Waals surface area contributed by atoms with Gasteiger partial charge in [0.25, 0.3) is 0 Å². The fourth-order valence-electron chi connectivity index (χ4n) is 4.92. The van der Waals surface area contributed by atoms with Crippen LogP contribution in [0.2, 0.25) is 18.1 Å². The number of fused-ring (bicyclic) bond motifs is 1. The van der Waals surface area contributed by atoms with Gasteiger partial charge in [-0.15, -0.1) is 0 Å². The zero-order valence-electron chi connectivity index (χ0n) is 23.4. The maximum absolute atomic E-state index is 12.6. The highest BCUT2D eigenvalue weighted by Crippen LogP contribution is 2.76.